The van der Waals surface area contributed by atoms with Crippen molar-refractivity contribution >= 4 is 44.1 Å². The van der Waals surface area contributed by atoms with Crippen LogP contribution in [0, 0.1) is 5.82 Å². The number of rotatable bonds is 7. The van der Waals surface area contributed by atoms with Crippen LogP contribution in [0.3, 0.4) is 0 Å². The van der Waals surface area contributed by atoms with E-state index >= 15 is 0 Å². The van der Waals surface area contributed by atoms with E-state index in [1.807, 2.05) is 13.8 Å². The highest BCUT2D eigenvalue weighted by molar-refractivity contribution is 7.22. The molecule has 0 spiro atoms. The maximum atomic E-state index is 13.8. The van der Waals surface area contributed by atoms with E-state index < -0.39 is 23.5 Å². The highest BCUT2D eigenvalue weighted by atomic mass is 32.1. The molecule has 0 aliphatic carbocycles. The summed E-state index contributed by atoms with van der Waals surface area (Å²) in [6, 6.07) is 16.8. The van der Waals surface area contributed by atoms with Crippen LogP contribution in [0.1, 0.15) is 31.0 Å². The third-order valence-corrected chi connectivity index (χ3v) is 6.95. The van der Waals surface area contributed by atoms with Gasteiger partial charge in [-0.05, 0) is 74.0 Å². The molecule has 0 radical (unpaired) electrons. The van der Waals surface area contributed by atoms with Gasteiger partial charge in [0.1, 0.15) is 23.1 Å². The van der Waals surface area contributed by atoms with Crippen molar-refractivity contribution in [3.8, 4) is 11.5 Å². The van der Waals surface area contributed by atoms with E-state index in [1.165, 1.54) is 23.1 Å². The molecule has 0 bridgehead atoms. The van der Waals surface area contributed by atoms with Crippen LogP contribution in [-0.2, 0) is 9.59 Å². The van der Waals surface area contributed by atoms with Gasteiger partial charge >= 0.3 is 5.91 Å². The average molecular weight is 519 g/mol. The van der Waals surface area contributed by atoms with Crippen LogP contribution in [0.5, 0.6) is 11.5 Å². The number of Topliss-reactive ketones (excluding diaryl/α,β-unsaturated/α-hetero) is 1. The molecule has 1 saturated heterocycles. The van der Waals surface area contributed by atoms with E-state index in [9.17, 15) is 19.1 Å². The number of anilines is 1. The first-order valence-electron chi connectivity index (χ1n) is 11.7. The van der Waals surface area contributed by atoms with Gasteiger partial charge in [-0.3, -0.25) is 14.5 Å². The summed E-state index contributed by atoms with van der Waals surface area (Å²) in [4.78, 5) is 32.5. The number of halogens is 1. The Morgan fingerprint density at radius 2 is 1.59 bits per heavy atom. The quantitative estimate of drug-likeness (QED) is 0.187. The van der Waals surface area contributed by atoms with Gasteiger partial charge in [0, 0.05) is 5.56 Å². The smallest absolute Gasteiger partial charge is 0.301 e. The molecule has 9 heteroatoms. The van der Waals surface area contributed by atoms with E-state index in [-0.39, 0.29) is 16.5 Å². The molecule has 4 aromatic rings. The number of ketones is 1. The molecule has 1 amide bonds. The van der Waals surface area contributed by atoms with E-state index in [0.29, 0.717) is 46.1 Å². The second-order valence-corrected chi connectivity index (χ2v) is 9.25. The fraction of sp³-hybridized carbons (Fsp3) is 0.179. The fourth-order valence-corrected chi connectivity index (χ4v) is 5.30. The minimum atomic E-state index is -0.951. The lowest BCUT2D eigenvalue weighted by Gasteiger charge is -2.23. The van der Waals surface area contributed by atoms with Gasteiger partial charge in [-0.1, -0.05) is 23.5 Å². The summed E-state index contributed by atoms with van der Waals surface area (Å²) in [5.41, 5.74) is 1.38. The Bertz CT molecular complexity index is 1510. The molecule has 1 atom stereocenters. The lowest BCUT2D eigenvalue weighted by molar-refractivity contribution is -0.132. The summed E-state index contributed by atoms with van der Waals surface area (Å²) in [7, 11) is 0. The number of thiazole rings is 1. The lowest BCUT2D eigenvalue weighted by Crippen LogP contribution is -2.29. The van der Waals surface area contributed by atoms with E-state index in [4.69, 9.17) is 9.47 Å². The Morgan fingerprint density at radius 1 is 0.973 bits per heavy atom. The molecule has 7 nitrogen and oxygen atoms in total. The van der Waals surface area contributed by atoms with Gasteiger partial charge in [-0.25, -0.2) is 9.37 Å². The number of carbonyl (C=O) groups is 2. The number of benzene rings is 3. The number of hydrogen-bond donors (Lipinski definition) is 1. The van der Waals surface area contributed by atoms with Gasteiger partial charge in [0.15, 0.2) is 5.13 Å². The average Bonchev–Trinajstić information content (AvgIpc) is 3.42. The third kappa shape index (κ3) is 4.53. The molecular formula is C28H23FN2O5S. The minimum Gasteiger partial charge on any atom is -0.507 e. The van der Waals surface area contributed by atoms with Crippen molar-refractivity contribution in [3.05, 3.63) is 89.2 Å². The minimum absolute atomic E-state index is 0.0660. The largest absolute Gasteiger partial charge is 0.507 e. The van der Waals surface area contributed by atoms with Crippen LogP contribution < -0.4 is 14.4 Å². The SMILES string of the molecule is CCOc1ccc(C(O)=C2C(=O)C(=O)N(c3nc4ccc(F)cc4s3)[C@H]2c2ccc(OCC)cc2)cc1. The summed E-state index contributed by atoms with van der Waals surface area (Å²) in [6.45, 7) is 4.70. The summed E-state index contributed by atoms with van der Waals surface area (Å²) in [6.07, 6.45) is 0. The standard InChI is InChI=1S/C28H23FN2O5S/c1-3-35-19-10-5-16(6-11-19)24-23(25(32)17-7-12-20(13-8-17)36-4-2)26(33)27(34)31(24)28-30-21-14-9-18(29)15-22(21)37-28/h5-15,24,32H,3-4H2,1-2H3/t24-/m0/s1. The van der Waals surface area contributed by atoms with Gasteiger partial charge in [-0.2, -0.15) is 0 Å². The predicted molar refractivity (Wildman–Crippen MR) is 140 cm³/mol. The van der Waals surface area contributed by atoms with Crippen LogP contribution in [0.15, 0.2) is 72.3 Å². The second-order valence-electron chi connectivity index (χ2n) is 8.24. The normalized spacial score (nSPS) is 16.9. The molecule has 0 saturated carbocycles. The Labute approximate surface area is 216 Å². The second kappa shape index (κ2) is 10.0. The molecule has 188 valence electrons. The molecule has 1 fully saturated rings. The van der Waals surface area contributed by atoms with Crippen LogP contribution in [0.4, 0.5) is 9.52 Å². The van der Waals surface area contributed by atoms with Gasteiger partial charge in [0.05, 0.1) is 35.0 Å². The summed E-state index contributed by atoms with van der Waals surface area (Å²) in [5.74, 6) is -1.16. The molecule has 1 aromatic heterocycles. The number of carbonyl (C=O) groups excluding carboxylic acids is 2. The number of aliphatic hydroxyl groups is 1. The monoisotopic (exact) mass is 518 g/mol. The number of aromatic nitrogens is 1. The van der Waals surface area contributed by atoms with Crippen LogP contribution in [0.2, 0.25) is 0 Å². The summed E-state index contributed by atoms with van der Waals surface area (Å²) < 4.78 is 25.4. The lowest BCUT2D eigenvalue weighted by atomic mass is 9.95. The number of ether oxygens (including phenoxy) is 2. The first-order valence-corrected chi connectivity index (χ1v) is 12.6. The maximum Gasteiger partial charge on any atom is 0.301 e. The number of aliphatic hydroxyl groups excluding tert-OH is 1. The Kier molecular flexibility index (Phi) is 6.62. The molecule has 2 heterocycles. The highest BCUT2D eigenvalue weighted by Crippen LogP contribution is 2.44. The number of nitrogens with zero attached hydrogens (tertiary/aromatic N) is 2. The molecule has 0 unspecified atom stereocenters. The van der Waals surface area contributed by atoms with Crippen molar-refractivity contribution in [1.29, 1.82) is 0 Å². The maximum absolute atomic E-state index is 13.8. The number of hydrogen-bond acceptors (Lipinski definition) is 7. The zero-order valence-corrected chi connectivity index (χ0v) is 20.9. The van der Waals surface area contributed by atoms with Crippen molar-refractivity contribution in [2.45, 2.75) is 19.9 Å². The number of fused-ring (bicyclic) bond motifs is 1. The van der Waals surface area contributed by atoms with Gasteiger partial charge in [0.2, 0.25) is 0 Å². The molecule has 1 N–H and O–H groups in total. The zero-order chi connectivity index (χ0) is 26.1. The van der Waals surface area contributed by atoms with E-state index in [2.05, 4.69) is 4.98 Å². The summed E-state index contributed by atoms with van der Waals surface area (Å²) >= 11 is 1.10. The topological polar surface area (TPSA) is 89.0 Å². The van der Waals surface area contributed by atoms with E-state index in [1.54, 1.807) is 48.5 Å². The predicted octanol–water partition coefficient (Wildman–Crippen LogP) is 5.86. The van der Waals surface area contributed by atoms with Gasteiger partial charge in [0.25, 0.3) is 5.78 Å². The molecule has 37 heavy (non-hydrogen) atoms. The van der Waals surface area contributed by atoms with Crippen LogP contribution in [0.25, 0.3) is 16.0 Å². The van der Waals surface area contributed by atoms with Crippen LogP contribution in [-0.4, -0.2) is 35.0 Å². The van der Waals surface area contributed by atoms with Crippen molar-refractivity contribution in [3.63, 3.8) is 0 Å². The highest BCUT2D eigenvalue weighted by Gasteiger charge is 2.48. The molecule has 1 aliphatic heterocycles. The zero-order valence-electron chi connectivity index (χ0n) is 20.1. The van der Waals surface area contributed by atoms with Gasteiger partial charge in [-0.15, -0.1) is 0 Å². The van der Waals surface area contributed by atoms with Gasteiger partial charge < -0.3 is 14.6 Å². The first-order chi connectivity index (χ1) is 17.9. The number of amides is 1. The van der Waals surface area contributed by atoms with Crippen molar-refractivity contribution in [2.24, 2.45) is 0 Å². The van der Waals surface area contributed by atoms with Crippen molar-refractivity contribution < 1.29 is 28.6 Å². The Hall–Kier alpha value is -4.24. The van der Waals surface area contributed by atoms with Crippen molar-refractivity contribution in [2.75, 3.05) is 18.1 Å². The first kappa shape index (κ1) is 24.5. The summed E-state index contributed by atoms with van der Waals surface area (Å²) in [5, 5.41) is 11.5. The third-order valence-electron chi connectivity index (χ3n) is 5.94. The van der Waals surface area contributed by atoms with Crippen LogP contribution >= 0.6 is 11.3 Å². The Balaban J connectivity index is 1.66. The Morgan fingerprint density at radius 3 is 2.22 bits per heavy atom. The molecule has 1 aliphatic rings. The molecule has 3 aromatic carbocycles. The van der Waals surface area contributed by atoms with E-state index in [0.717, 1.165) is 11.3 Å². The van der Waals surface area contributed by atoms with Crippen molar-refractivity contribution in [1.82, 2.24) is 4.98 Å². The molecular weight excluding hydrogens is 495 g/mol. The fourth-order valence-electron chi connectivity index (χ4n) is 4.28. The molecule has 5 rings (SSSR count).